The molecule has 2 unspecified atom stereocenters. The number of amides is 2. The lowest BCUT2D eigenvalue weighted by atomic mass is 9.75. The highest BCUT2D eigenvalue weighted by Gasteiger charge is 2.46. The second-order valence-electron chi connectivity index (χ2n) is 7.91. The van der Waals surface area contributed by atoms with Crippen molar-refractivity contribution in [3.8, 4) is 11.5 Å². The Morgan fingerprint density at radius 3 is 2.53 bits per heavy atom. The van der Waals surface area contributed by atoms with Crippen molar-refractivity contribution in [2.24, 2.45) is 0 Å². The molecule has 2 aliphatic rings. The fourth-order valence-corrected chi connectivity index (χ4v) is 4.74. The molecule has 2 aromatic rings. The molecule has 0 spiro atoms. The van der Waals surface area contributed by atoms with Crippen LogP contribution in [0.25, 0.3) is 0 Å². The van der Waals surface area contributed by atoms with Gasteiger partial charge in [0.25, 0.3) is 5.91 Å². The molecule has 0 saturated carbocycles. The summed E-state index contributed by atoms with van der Waals surface area (Å²) in [6.07, 6.45) is 0.699. The van der Waals surface area contributed by atoms with Crippen molar-refractivity contribution >= 4 is 11.8 Å². The largest absolute Gasteiger partial charge is 0.490 e. The lowest BCUT2D eigenvalue weighted by molar-refractivity contribution is -0.124. The van der Waals surface area contributed by atoms with Crippen molar-refractivity contribution in [1.82, 2.24) is 10.2 Å². The number of hydrogen-bond donors (Lipinski definition) is 1. The molecule has 0 radical (unpaired) electrons. The fraction of sp³-hybridized carbons (Fsp3) is 0.440. The summed E-state index contributed by atoms with van der Waals surface area (Å²) in [5.74, 6) is 0.665. The SMILES string of the molecule is CCOc1cc2c(cc1OCC)C1C(C(=O)NCCOC)c3ccccc3C(=O)N1CC2. The van der Waals surface area contributed by atoms with Crippen LogP contribution in [0.4, 0.5) is 0 Å². The van der Waals surface area contributed by atoms with Crippen LogP contribution in [0.1, 0.15) is 52.9 Å². The third-order valence-corrected chi connectivity index (χ3v) is 6.07. The number of fused-ring (bicyclic) bond motifs is 4. The molecule has 170 valence electrons. The number of ether oxygens (including phenoxy) is 3. The molecular weight excluding hydrogens is 408 g/mol. The molecule has 4 rings (SSSR count). The van der Waals surface area contributed by atoms with E-state index in [2.05, 4.69) is 5.32 Å². The maximum Gasteiger partial charge on any atom is 0.254 e. The summed E-state index contributed by atoms with van der Waals surface area (Å²) in [6.45, 7) is 6.28. The van der Waals surface area contributed by atoms with Crippen molar-refractivity contribution < 1.29 is 23.8 Å². The molecule has 2 aromatic carbocycles. The van der Waals surface area contributed by atoms with Crippen LogP contribution in [0.2, 0.25) is 0 Å². The zero-order valence-corrected chi connectivity index (χ0v) is 18.8. The average molecular weight is 439 g/mol. The van der Waals surface area contributed by atoms with E-state index in [9.17, 15) is 9.59 Å². The quantitative estimate of drug-likeness (QED) is 0.641. The van der Waals surface area contributed by atoms with Crippen LogP contribution in [0.3, 0.4) is 0 Å². The molecule has 2 heterocycles. The number of nitrogens with zero attached hydrogens (tertiary/aromatic N) is 1. The number of rotatable bonds is 8. The average Bonchev–Trinajstić information content (AvgIpc) is 2.80. The monoisotopic (exact) mass is 438 g/mol. The first-order valence-corrected chi connectivity index (χ1v) is 11.2. The molecule has 7 nitrogen and oxygen atoms in total. The lowest BCUT2D eigenvalue weighted by Crippen LogP contribution is -2.50. The van der Waals surface area contributed by atoms with Crippen LogP contribution in [0.5, 0.6) is 11.5 Å². The topological polar surface area (TPSA) is 77.1 Å². The first-order chi connectivity index (χ1) is 15.6. The van der Waals surface area contributed by atoms with Gasteiger partial charge in [-0.2, -0.15) is 0 Å². The number of carbonyl (C=O) groups excluding carboxylic acids is 2. The Labute approximate surface area is 188 Å². The van der Waals surface area contributed by atoms with Crippen LogP contribution in [0.15, 0.2) is 36.4 Å². The van der Waals surface area contributed by atoms with Crippen LogP contribution in [-0.4, -0.2) is 56.7 Å². The normalized spacial score (nSPS) is 19.0. The van der Waals surface area contributed by atoms with Gasteiger partial charge in [0.05, 0.1) is 31.8 Å². The minimum Gasteiger partial charge on any atom is -0.490 e. The Kier molecular flexibility index (Phi) is 6.65. The van der Waals surface area contributed by atoms with Crippen LogP contribution in [0, 0.1) is 0 Å². The van der Waals surface area contributed by atoms with Gasteiger partial charge in [0.2, 0.25) is 5.91 Å². The summed E-state index contributed by atoms with van der Waals surface area (Å²) in [5, 5.41) is 2.99. The lowest BCUT2D eigenvalue weighted by Gasteiger charge is -2.45. The molecule has 32 heavy (non-hydrogen) atoms. The van der Waals surface area contributed by atoms with E-state index < -0.39 is 12.0 Å². The predicted octanol–water partition coefficient (Wildman–Crippen LogP) is 3.08. The van der Waals surface area contributed by atoms with Crippen LogP contribution >= 0.6 is 0 Å². The molecule has 2 aliphatic heterocycles. The van der Waals surface area contributed by atoms with Crippen molar-refractivity contribution in [3.63, 3.8) is 0 Å². The van der Waals surface area contributed by atoms with E-state index in [0.29, 0.717) is 56.4 Å². The van der Waals surface area contributed by atoms with Gasteiger partial charge >= 0.3 is 0 Å². The fourth-order valence-electron chi connectivity index (χ4n) is 4.74. The van der Waals surface area contributed by atoms with Gasteiger partial charge in [0.15, 0.2) is 11.5 Å². The summed E-state index contributed by atoms with van der Waals surface area (Å²) in [6, 6.07) is 11.0. The van der Waals surface area contributed by atoms with Crippen molar-refractivity contribution in [2.75, 3.05) is 40.0 Å². The van der Waals surface area contributed by atoms with E-state index >= 15 is 0 Å². The first kappa shape index (κ1) is 22.1. The van der Waals surface area contributed by atoms with Gasteiger partial charge in [-0.15, -0.1) is 0 Å². The molecule has 1 N–H and O–H groups in total. The standard InChI is InChI=1S/C25H30N2O5/c1-4-31-20-14-16-10-12-27-23(19(16)15-21(20)32-5-2)22(24(28)26-11-13-30-3)17-8-6-7-9-18(17)25(27)29/h6-9,14-15,22-23H,4-5,10-13H2,1-3H3,(H,26,28). The van der Waals surface area contributed by atoms with Crippen molar-refractivity contribution in [1.29, 1.82) is 0 Å². The number of nitrogens with one attached hydrogen (secondary N) is 1. The number of methoxy groups -OCH3 is 1. The van der Waals surface area contributed by atoms with Gasteiger partial charge in [-0.05, 0) is 55.2 Å². The maximum absolute atomic E-state index is 13.4. The number of hydrogen-bond acceptors (Lipinski definition) is 5. The summed E-state index contributed by atoms with van der Waals surface area (Å²) in [5.41, 5.74) is 3.38. The van der Waals surface area contributed by atoms with Crippen LogP contribution < -0.4 is 14.8 Å². The molecule has 0 aliphatic carbocycles. The maximum atomic E-state index is 13.4. The second kappa shape index (κ2) is 9.61. The predicted molar refractivity (Wildman–Crippen MR) is 120 cm³/mol. The van der Waals surface area contributed by atoms with Crippen LogP contribution in [-0.2, 0) is 16.0 Å². The van der Waals surface area contributed by atoms with E-state index in [1.54, 1.807) is 7.11 Å². The minimum absolute atomic E-state index is 0.0379. The van der Waals surface area contributed by atoms with Gasteiger partial charge in [-0.3, -0.25) is 9.59 Å². The van der Waals surface area contributed by atoms with Crippen molar-refractivity contribution in [3.05, 3.63) is 58.7 Å². The number of carbonyl (C=O) groups is 2. The Morgan fingerprint density at radius 1 is 1.09 bits per heavy atom. The molecule has 0 bridgehead atoms. The Morgan fingerprint density at radius 2 is 1.81 bits per heavy atom. The second-order valence-corrected chi connectivity index (χ2v) is 7.91. The van der Waals surface area contributed by atoms with Gasteiger partial charge in [0, 0.05) is 25.8 Å². The van der Waals surface area contributed by atoms with E-state index in [1.165, 1.54) is 0 Å². The van der Waals surface area contributed by atoms with E-state index in [1.807, 2.05) is 55.1 Å². The van der Waals surface area contributed by atoms with Gasteiger partial charge in [-0.25, -0.2) is 0 Å². The zero-order chi connectivity index (χ0) is 22.7. The molecule has 7 heteroatoms. The highest BCUT2D eigenvalue weighted by Crippen LogP contribution is 2.48. The number of benzene rings is 2. The third kappa shape index (κ3) is 3.93. The molecule has 2 atom stereocenters. The van der Waals surface area contributed by atoms with Gasteiger partial charge in [-0.1, -0.05) is 18.2 Å². The highest BCUT2D eigenvalue weighted by atomic mass is 16.5. The summed E-state index contributed by atoms with van der Waals surface area (Å²) >= 11 is 0. The molecule has 0 fully saturated rings. The first-order valence-electron chi connectivity index (χ1n) is 11.2. The smallest absolute Gasteiger partial charge is 0.254 e. The molecule has 0 saturated heterocycles. The summed E-state index contributed by atoms with van der Waals surface area (Å²) in [7, 11) is 1.60. The Balaban J connectivity index is 1.83. The van der Waals surface area contributed by atoms with E-state index in [0.717, 1.165) is 16.7 Å². The van der Waals surface area contributed by atoms with Gasteiger partial charge < -0.3 is 24.4 Å². The summed E-state index contributed by atoms with van der Waals surface area (Å²) < 4.78 is 16.8. The van der Waals surface area contributed by atoms with Crippen molar-refractivity contribution in [2.45, 2.75) is 32.2 Å². The van der Waals surface area contributed by atoms with Gasteiger partial charge in [0.1, 0.15) is 0 Å². The summed E-state index contributed by atoms with van der Waals surface area (Å²) in [4.78, 5) is 28.6. The molecule has 0 aromatic heterocycles. The Hall–Kier alpha value is -3.06. The Bertz CT molecular complexity index is 1010. The minimum atomic E-state index is -0.521. The van der Waals surface area contributed by atoms with E-state index in [4.69, 9.17) is 14.2 Å². The zero-order valence-electron chi connectivity index (χ0n) is 18.8. The molecular formula is C25H30N2O5. The highest BCUT2D eigenvalue weighted by molar-refractivity contribution is 6.01. The third-order valence-electron chi connectivity index (χ3n) is 6.07. The molecule has 2 amide bonds. The van der Waals surface area contributed by atoms with E-state index in [-0.39, 0.29) is 11.8 Å².